The number of aromatic amines is 1. The van der Waals surface area contributed by atoms with Gasteiger partial charge in [0, 0.05) is 23.3 Å². The lowest BCUT2D eigenvalue weighted by molar-refractivity contribution is 0.554. The largest absolute Gasteiger partial charge is 0.357 e. The van der Waals surface area contributed by atoms with Gasteiger partial charge in [0.15, 0.2) is 5.82 Å². The van der Waals surface area contributed by atoms with Crippen molar-refractivity contribution in [1.29, 1.82) is 0 Å². The number of aromatic nitrogens is 5. The van der Waals surface area contributed by atoms with Crippen LogP contribution in [0.2, 0.25) is 0 Å². The van der Waals surface area contributed by atoms with Gasteiger partial charge in [0.1, 0.15) is 11.9 Å². The molecule has 7 nitrogen and oxygen atoms in total. The van der Waals surface area contributed by atoms with Crippen LogP contribution in [-0.2, 0) is 13.0 Å². The third-order valence-electron chi connectivity index (χ3n) is 6.83. The highest BCUT2D eigenvalue weighted by Crippen LogP contribution is 2.36. The Labute approximate surface area is 207 Å². The van der Waals surface area contributed by atoms with Crippen LogP contribution >= 0.6 is 0 Å². The minimum absolute atomic E-state index is 0.169. The van der Waals surface area contributed by atoms with Crippen molar-refractivity contribution >= 4 is 16.6 Å². The molecule has 0 spiro atoms. The van der Waals surface area contributed by atoms with Crippen LogP contribution in [0.4, 0.5) is 10.1 Å². The van der Waals surface area contributed by atoms with Crippen molar-refractivity contribution in [3.63, 3.8) is 0 Å². The van der Waals surface area contributed by atoms with Crippen LogP contribution in [0, 0.1) is 12.7 Å². The standard InChI is InChI=1S/C28H25FN6O/c1-18-8-11-21-16-23(28(36)30-24(21)15-18)26(34-14-4-6-20-5-2-3-7-25(20)34)27-31-32-33-35(27)17-19-9-12-22(29)13-10-19/h2-3,5,7-13,15-16,26H,4,6,14,17H2,1H3,(H,30,36). The summed E-state index contributed by atoms with van der Waals surface area (Å²) in [6, 6.07) is 22.1. The quantitative estimate of drug-likeness (QED) is 0.399. The minimum atomic E-state index is -0.503. The maximum Gasteiger partial charge on any atom is 0.254 e. The van der Waals surface area contributed by atoms with Crippen molar-refractivity contribution in [3.05, 3.63) is 117 Å². The molecule has 1 aliphatic heterocycles. The first-order chi connectivity index (χ1) is 17.6. The van der Waals surface area contributed by atoms with Gasteiger partial charge in [-0.1, -0.05) is 42.5 Å². The number of pyridine rings is 1. The van der Waals surface area contributed by atoms with Gasteiger partial charge in [-0.25, -0.2) is 9.07 Å². The fourth-order valence-corrected chi connectivity index (χ4v) is 5.09. The predicted octanol–water partition coefficient (Wildman–Crippen LogP) is 4.55. The number of anilines is 1. The van der Waals surface area contributed by atoms with Crippen LogP contribution in [0.15, 0.2) is 77.6 Å². The van der Waals surface area contributed by atoms with Crippen molar-refractivity contribution < 1.29 is 4.39 Å². The Balaban J connectivity index is 1.53. The second-order valence-electron chi connectivity index (χ2n) is 9.29. The van der Waals surface area contributed by atoms with E-state index in [0.29, 0.717) is 17.9 Å². The first kappa shape index (κ1) is 22.2. The summed E-state index contributed by atoms with van der Waals surface area (Å²) in [6.45, 7) is 3.12. The molecule has 1 atom stereocenters. The van der Waals surface area contributed by atoms with E-state index in [1.54, 1.807) is 16.8 Å². The minimum Gasteiger partial charge on any atom is -0.357 e. The molecule has 0 fully saturated rings. The van der Waals surface area contributed by atoms with Crippen LogP contribution in [0.3, 0.4) is 0 Å². The van der Waals surface area contributed by atoms with Crippen LogP contribution in [0.25, 0.3) is 10.9 Å². The molecule has 0 bridgehead atoms. The van der Waals surface area contributed by atoms with Crippen LogP contribution in [0.1, 0.15) is 40.5 Å². The average Bonchev–Trinajstić information content (AvgIpc) is 3.33. The predicted molar refractivity (Wildman–Crippen MR) is 137 cm³/mol. The summed E-state index contributed by atoms with van der Waals surface area (Å²) in [5, 5.41) is 13.6. The number of benzene rings is 3. The van der Waals surface area contributed by atoms with Gasteiger partial charge in [-0.3, -0.25) is 4.79 Å². The molecular formula is C28H25FN6O. The SMILES string of the molecule is Cc1ccc2cc(C(c3nnnn3Cc3ccc(F)cc3)N3CCCc4ccccc43)c(=O)[nH]c2c1. The molecule has 0 radical (unpaired) electrons. The Bertz CT molecular complexity index is 1610. The van der Waals surface area contributed by atoms with Gasteiger partial charge in [0.2, 0.25) is 0 Å². The van der Waals surface area contributed by atoms with Crippen molar-refractivity contribution in [1.82, 2.24) is 25.2 Å². The summed E-state index contributed by atoms with van der Waals surface area (Å²) in [6.07, 6.45) is 1.94. The molecule has 3 heterocycles. The van der Waals surface area contributed by atoms with Gasteiger partial charge in [-0.05, 0) is 82.6 Å². The topological polar surface area (TPSA) is 79.7 Å². The average molecular weight is 481 g/mol. The van der Waals surface area contributed by atoms with E-state index in [1.165, 1.54) is 17.7 Å². The lowest BCUT2D eigenvalue weighted by Gasteiger charge is -2.37. The smallest absolute Gasteiger partial charge is 0.254 e. The number of hydrogen-bond acceptors (Lipinski definition) is 5. The Morgan fingerprint density at radius 2 is 1.89 bits per heavy atom. The van der Waals surface area contributed by atoms with Crippen molar-refractivity contribution in [2.24, 2.45) is 0 Å². The normalized spacial score (nSPS) is 14.1. The number of aryl methyl sites for hydroxylation is 2. The van der Waals surface area contributed by atoms with Gasteiger partial charge < -0.3 is 9.88 Å². The molecule has 0 saturated heterocycles. The fraction of sp³-hybridized carbons (Fsp3) is 0.214. The molecule has 5 aromatic rings. The summed E-state index contributed by atoms with van der Waals surface area (Å²) in [4.78, 5) is 18.9. The Kier molecular flexibility index (Phi) is 5.56. The molecular weight excluding hydrogens is 455 g/mol. The highest BCUT2D eigenvalue weighted by molar-refractivity contribution is 5.80. The van der Waals surface area contributed by atoms with E-state index >= 15 is 0 Å². The van der Waals surface area contributed by atoms with E-state index in [2.05, 4.69) is 37.5 Å². The monoisotopic (exact) mass is 480 g/mol. The molecule has 0 amide bonds. The van der Waals surface area contributed by atoms with Gasteiger partial charge in [-0.15, -0.1) is 5.10 Å². The number of tetrazole rings is 1. The van der Waals surface area contributed by atoms with Gasteiger partial charge >= 0.3 is 0 Å². The lowest BCUT2D eigenvalue weighted by atomic mass is 9.96. The molecule has 1 unspecified atom stereocenters. The van der Waals surface area contributed by atoms with Crippen LogP contribution in [-0.4, -0.2) is 31.7 Å². The summed E-state index contributed by atoms with van der Waals surface area (Å²) in [7, 11) is 0. The zero-order chi connectivity index (χ0) is 24.6. The van der Waals surface area contributed by atoms with Crippen LogP contribution in [0.5, 0.6) is 0 Å². The number of halogens is 1. The summed E-state index contributed by atoms with van der Waals surface area (Å²) in [5.41, 5.74) is 5.47. The number of nitrogens with one attached hydrogen (secondary N) is 1. The molecule has 6 rings (SSSR count). The lowest BCUT2D eigenvalue weighted by Crippen LogP contribution is -2.38. The maximum atomic E-state index is 13.5. The first-order valence-electron chi connectivity index (χ1n) is 12.1. The zero-order valence-corrected chi connectivity index (χ0v) is 19.9. The fourth-order valence-electron chi connectivity index (χ4n) is 5.09. The first-order valence-corrected chi connectivity index (χ1v) is 12.1. The summed E-state index contributed by atoms with van der Waals surface area (Å²) < 4.78 is 15.2. The molecule has 8 heteroatoms. The molecule has 1 aliphatic rings. The molecule has 3 aromatic carbocycles. The van der Waals surface area contributed by atoms with Crippen molar-refractivity contribution in [2.75, 3.05) is 11.4 Å². The van der Waals surface area contributed by atoms with Crippen molar-refractivity contribution in [3.8, 4) is 0 Å². The van der Waals surface area contributed by atoms with E-state index in [9.17, 15) is 9.18 Å². The molecule has 0 aliphatic carbocycles. The highest BCUT2D eigenvalue weighted by atomic mass is 19.1. The third kappa shape index (κ3) is 4.04. The maximum absolute atomic E-state index is 13.5. The van der Waals surface area contributed by atoms with E-state index in [-0.39, 0.29) is 11.4 Å². The summed E-state index contributed by atoms with van der Waals surface area (Å²) in [5.74, 6) is 0.268. The van der Waals surface area contributed by atoms with Gasteiger partial charge in [0.05, 0.1) is 6.54 Å². The number of fused-ring (bicyclic) bond motifs is 2. The molecule has 36 heavy (non-hydrogen) atoms. The summed E-state index contributed by atoms with van der Waals surface area (Å²) >= 11 is 0. The van der Waals surface area contributed by atoms with E-state index in [0.717, 1.165) is 47.1 Å². The number of para-hydroxylation sites is 1. The van der Waals surface area contributed by atoms with Gasteiger partial charge in [0.25, 0.3) is 5.56 Å². The second kappa shape index (κ2) is 9.03. The number of rotatable bonds is 5. The Morgan fingerprint density at radius 1 is 1.06 bits per heavy atom. The van der Waals surface area contributed by atoms with Crippen LogP contribution < -0.4 is 10.5 Å². The Morgan fingerprint density at radius 3 is 2.75 bits per heavy atom. The third-order valence-corrected chi connectivity index (χ3v) is 6.83. The van der Waals surface area contributed by atoms with E-state index in [1.807, 2.05) is 43.3 Å². The molecule has 0 saturated carbocycles. The number of nitrogens with zero attached hydrogens (tertiary/aromatic N) is 5. The zero-order valence-electron chi connectivity index (χ0n) is 19.9. The van der Waals surface area contributed by atoms with E-state index in [4.69, 9.17) is 0 Å². The highest BCUT2D eigenvalue weighted by Gasteiger charge is 2.33. The molecule has 1 N–H and O–H groups in total. The molecule has 2 aromatic heterocycles. The number of hydrogen-bond donors (Lipinski definition) is 1. The molecule has 180 valence electrons. The van der Waals surface area contributed by atoms with E-state index < -0.39 is 6.04 Å². The second-order valence-corrected chi connectivity index (χ2v) is 9.29. The van der Waals surface area contributed by atoms with Gasteiger partial charge in [-0.2, -0.15) is 0 Å². The Hall–Kier alpha value is -4.33. The number of H-pyrrole nitrogens is 1. The van der Waals surface area contributed by atoms with Crippen molar-refractivity contribution in [2.45, 2.75) is 32.4 Å².